The Balaban J connectivity index is 2.17. The van der Waals surface area contributed by atoms with Gasteiger partial charge in [-0.1, -0.05) is 36.4 Å². The largest absolute Gasteiger partial charge is 0.497 e. The van der Waals surface area contributed by atoms with Crippen LogP contribution in [0.5, 0.6) is 5.75 Å². The number of methoxy groups -OCH3 is 1. The van der Waals surface area contributed by atoms with E-state index in [1.807, 2.05) is 36.4 Å². The molecule has 0 aliphatic heterocycles. The third kappa shape index (κ3) is 3.36. The van der Waals surface area contributed by atoms with Crippen LogP contribution < -0.4 is 4.74 Å². The molecule has 0 aromatic heterocycles. The summed E-state index contributed by atoms with van der Waals surface area (Å²) in [4.78, 5) is 0. The lowest BCUT2D eigenvalue weighted by Crippen LogP contribution is -2.08. The number of hydrogen-bond donors (Lipinski definition) is 1. The quantitative estimate of drug-likeness (QED) is 0.889. The van der Waals surface area contributed by atoms with E-state index in [0.717, 1.165) is 17.7 Å². The topological polar surface area (TPSA) is 29.5 Å². The zero-order valence-electron chi connectivity index (χ0n) is 11.5. The summed E-state index contributed by atoms with van der Waals surface area (Å²) in [6.07, 6.45) is 0.857. The number of aliphatic hydroxyl groups is 1. The summed E-state index contributed by atoms with van der Waals surface area (Å²) in [6, 6.07) is 16.3. The first-order chi connectivity index (χ1) is 9.24. The van der Waals surface area contributed by atoms with Crippen LogP contribution in [0.4, 0.5) is 0 Å². The molecule has 0 saturated heterocycles. The molecule has 0 radical (unpaired) electrons. The molecule has 2 rings (SSSR count). The smallest absolute Gasteiger partial charge is 0.118 e. The Morgan fingerprint density at radius 3 is 2.32 bits per heavy atom. The maximum Gasteiger partial charge on any atom is 0.118 e. The standard InChI is InChI=1S/C17H20O2/c1-13-5-3-4-6-15(13)11-16(12-18)14-7-9-17(19-2)10-8-14/h3-10,16,18H,11-12H2,1-2H3. The van der Waals surface area contributed by atoms with E-state index in [1.54, 1.807) is 7.11 Å². The number of hydrogen-bond acceptors (Lipinski definition) is 2. The first kappa shape index (κ1) is 13.6. The van der Waals surface area contributed by atoms with Crippen LogP contribution in [-0.2, 0) is 6.42 Å². The molecule has 0 fully saturated rings. The van der Waals surface area contributed by atoms with Crippen molar-refractivity contribution in [1.82, 2.24) is 0 Å². The second-order valence-electron chi connectivity index (χ2n) is 4.78. The molecule has 1 unspecified atom stereocenters. The first-order valence-electron chi connectivity index (χ1n) is 6.54. The maximum absolute atomic E-state index is 9.63. The third-order valence-electron chi connectivity index (χ3n) is 3.54. The highest BCUT2D eigenvalue weighted by atomic mass is 16.5. The van der Waals surface area contributed by atoms with E-state index < -0.39 is 0 Å². The van der Waals surface area contributed by atoms with E-state index in [4.69, 9.17) is 4.74 Å². The minimum absolute atomic E-state index is 0.131. The van der Waals surface area contributed by atoms with Crippen molar-refractivity contribution in [2.45, 2.75) is 19.3 Å². The normalized spacial score (nSPS) is 12.2. The molecule has 19 heavy (non-hydrogen) atoms. The highest BCUT2D eigenvalue weighted by molar-refractivity contribution is 5.32. The van der Waals surface area contributed by atoms with Gasteiger partial charge in [-0.2, -0.15) is 0 Å². The van der Waals surface area contributed by atoms with Gasteiger partial charge in [0.15, 0.2) is 0 Å². The zero-order chi connectivity index (χ0) is 13.7. The minimum Gasteiger partial charge on any atom is -0.497 e. The van der Waals surface area contributed by atoms with E-state index in [1.165, 1.54) is 11.1 Å². The molecule has 0 saturated carbocycles. The maximum atomic E-state index is 9.63. The summed E-state index contributed by atoms with van der Waals surface area (Å²) in [5.74, 6) is 0.975. The van der Waals surface area contributed by atoms with Crippen LogP contribution >= 0.6 is 0 Å². The van der Waals surface area contributed by atoms with E-state index in [2.05, 4.69) is 19.1 Å². The molecule has 0 spiro atoms. The van der Waals surface area contributed by atoms with E-state index in [9.17, 15) is 5.11 Å². The van der Waals surface area contributed by atoms with Gasteiger partial charge in [-0.3, -0.25) is 0 Å². The molecule has 1 N–H and O–H groups in total. The van der Waals surface area contributed by atoms with Gasteiger partial charge in [-0.05, 0) is 42.2 Å². The lowest BCUT2D eigenvalue weighted by molar-refractivity contribution is 0.264. The van der Waals surface area contributed by atoms with Crippen LogP contribution in [0.2, 0.25) is 0 Å². The van der Waals surface area contributed by atoms with Crippen LogP contribution in [0, 0.1) is 6.92 Å². The van der Waals surface area contributed by atoms with Gasteiger partial charge in [-0.15, -0.1) is 0 Å². The highest BCUT2D eigenvalue weighted by Gasteiger charge is 2.12. The monoisotopic (exact) mass is 256 g/mol. The van der Waals surface area contributed by atoms with Crippen molar-refractivity contribution >= 4 is 0 Å². The fourth-order valence-corrected chi connectivity index (χ4v) is 2.27. The average Bonchev–Trinajstić information content (AvgIpc) is 2.47. The van der Waals surface area contributed by atoms with Gasteiger partial charge in [0.1, 0.15) is 5.75 Å². The van der Waals surface area contributed by atoms with Crippen LogP contribution in [-0.4, -0.2) is 18.8 Å². The minimum atomic E-state index is 0.131. The molecular formula is C17H20O2. The molecular weight excluding hydrogens is 236 g/mol. The van der Waals surface area contributed by atoms with E-state index in [0.29, 0.717) is 0 Å². The van der Waals surface area contributed by atoms with Gasteiger partial charge >= 0.3 is 0 Å². The van der Waals surface area contributed by atoms with Crippen molar-refractivity contribution in [3.63, 3.8) is 0 Å². The Labute approximate surface area is 114 Å². The molecule has 100 valence electrons. The van der Waals surface area contributed by atoms with Gasteiger partial charge in [0.25, 0.3) is 0 Å². The van der Waals surface area contributed by atoms with Crippen molar-refractivity contribution in [2.24, 2.45) is 0 Å². The van der Waals surface area contributed by atoms with Gasteiger partial charge in [0.2, 0.25) is 0 Å². The lowest BCUT2D eigenvalue weighted by atomic mass is 9.91. The highest BCUT2D eigenvalue weighted by Crippen LogP contribution is 2.24. The van der Waals surface area contributed by atoms with Gasteiger partial charge < -0.3 is 9.84 Å². The molecule has 0 aliphatic carbocycles. The number of benzene rings is 2. The predicted molar refractivity (Wildman–Crippen MR) is 77.7 cm³/mol. The zero-order valence-corrected chi connectivity index (χ0v) is 11.5. The van der Waals surface area contributed by atoms with Gasteiger partial charge in [0, 0.05) is 5.92 Å². The van der Waals surface area contributed by atoms with Crippen LogP contribution in [0.25, 0.3) is 0 Å². The summed E-state index contributed by atoms with van der Waals surface area (Å²) in [5, 5.41) is 9.63. The molecule has 2 heteroatoms. The fraction of sp³-hybridized carbons (Fsp3) is 0.294. The molecule has 2 aromatic carbocycles. The molecule has 0 bridgehead atoms. The van der Waals surface area contributed by atoms with Crippen LogP contribution in [0.1, 0.15) is 22.6 Å². The van der Waals surface area contributed by atoms with Crippen molar-refractivity contribution in [1.29, 1.82) is 0 Å². The molecule has 2 aromatic rings. The SMILES string of the molecule is COc1ccc(C(CO)Cc2ccccc2C)cc1. The average molecular weight is 256 g/mol. The second-order valence-corrected chi connectivity index (χ2v) is 4.78. The number of ether oxygens (including phenoxy) is 1. The Hall–Kier alpha value is -1.80. The summed E-state index contributed by atoms with van der Waals surface area (Å²) >= 11 is 0. The molecule has 0 amide bonds. The molecule has 2 nitrogen and oxygen atoms in total. The van der Waals surface area contributed by atoms with Crippen molar-refractivity contribution in [2.75, 3.05) is 13.7 Å². The number of aryl methyl sites for hydroxylation is 1. The van der Waals surface area contributed by atoms with Gasteiger partial charge in [0.05, 0.1) is 13.7 Å². The lowest BCUT2D eigenvalue weighted by Gasteiger charge is -2.16. The molecule has 0 aliphatic rings. The van der Waals surface area contributed by atoms with Crippen molar-refractivity contribution in [3.05, 3.63) is 65.2 Å². The fourth-order valence-electron chi connectivity index (χ4n) is 2.27. The summed E-state index contributed by atoms with van der Waals surface area (Å²) in [5.41, 5.74) is 3.71. The van der Waals surface area contributed by atoms with Crippen molar-refractivity contribution in [3.8, 4) is 5.75 Å². The number of aliphatic hydroxyl groups excluding tert-OH is 1. The summed E-state index contributed by atoms with van der Waals surface area (Å²) in [7, 11) is 1.66. The van der Waals surface area contributed by atoms with Crippen LogP contribution in [0.3, 0.4) is 0 Å². The van der Waals surface area contributed by atoms with Gasteiger partial charge in [-0.25, -0.2) is 0 Å². The van der Waals surface area contributed by atoms with E-state index in [-0.39, 0.29) is 12.5 Å². The number of rotatable bonds is 5. The summed E-state index contributed by atoms with van der Waals surface area (Å²) in [6.45, 7) is 2.26. The Morgan fingerprint density at radius 2 is 1.74 bits per heavy atom. The Morgan fingerprint density at radius 1 is 1.05 bits per heavy atom. The Bertz CT molecular complexity index is 517. The van der Waals surface area contributed by atoms with Crippen molar-refractivity contribution < 1.29 is 9.84 Å². The summed E-state index contributed by atoms with van der Waals surface area (Å²) < 4.78 is 5.16. The van der Waals surface area contributed by atoms with E-state index >= 15 is 0 Å². The molecule has 0 heterocycles. The predicted octanol–water partition coefficient (Wildman–Crippen LogP) is 3.32. The Kier molecular flexibility index (Phi) is 4.58. The molecule has 1 atom stereocenters. The third-order valence-corrected chi connectivity index (χ3v) is 3.54. The van der Waals surface area contributed by atoms with Crippen LogP contribution in [0.15, 0.2) is 48.5 Å². The second kappa shape index (κ2) is 6.39. The first-order valence-corrected chi connectivity index (χ1v) is 6.54.